The minimum Gasteiger partial charge on any atom is -0.351 e. The van der Waals surface area contributed by atoms with Gasteiger partial charge in [0, 0.05) is 12.6 Å². The van der Waals surface area contributed by atoms with Gasteiger partial charge < -0.3 is 19.7 Å². The van der Waals surface area contributed by atoms with Gasteiger partial charge in [-0.3, -0.25) is 9.59 Å². The lowest BCUT2D eigenvalue weighted by Gasteiger charge is -2.44. The lowest BCUT2D eigenvalue weighted by molar-refractivity contribution is -0.133. The van der Waals surface area contributed by atoms with E-state index in [9.17, 15) is 9.59 Å². The van der Waals surface area contributed by atoms with E-state index in [1.54, 1.807) is 0 Å². The van der Waals surface area contributed by atoms with Crippen LogP contribution in [0.25, 0.3) is 11.0 Å². The van der Waals surface area contributed by atoms with Gasteiger partial charge in [-0.05, 0) is 70.8 Å². The standard InChI is InChI=1S/C26H37N5O2/c1-26(25(33)27-20-11-4-5-12-20)19-30-22-14-7-6-13-21(22)28-23(30)24(32)31(26)18-10-17-29-15-8-2-3-9-16-29/h6-7,13-14,20H,2-5,8-12,15-19H2,1H3,(H,27,33)/t26-/m0/s1. The van der Waals surface area contributed by atoms with Crippen molar-refractivity contribution in [1.29, 1.82) is 0 Å². The Kier molecular flexibility index (Phi) is 6.41. The molecular formula is C26H37N5O2. The normalized spacial score (nSPS) is 24.8. The number of hydrogen-bond donors (Lipinski definition) is 1. The number of para-hydroxylation sites is 2. The molecule has 0 bridgehead atoms. The van der Waals surface area contributed by atoms with Crippen molar-refractivity contribution in [3.8, 4) is 0 Å². The number of amides is 2. The van der Waals surface area contributed by atoms with Crippen LogP contribution in [0.5, 0.6) is 0 Å². The Morgan fingerprint density at radius 1 is 1.06 bits per heavy atom. The van der Waals surface area contributed by atoms with Crippen LogP contribution < -0.4 is 5.32 Å². The molecule has 7 heteroatoms. The first-order valence-electron chi connectivity index (χ1n) is 12.9. The van der Waals surface area contributed by atoms with Crippen LogP contribution in [0, 0.1) is 0 Å². The van der Waals surface area contributed by atoms with Crippen LogP contribution in [-0.2, 0) is 11.3 Å². The fraction of sp³-hybridized carbons (Fsp3) is 0.654. The second kappa shape index (κ2) is 9.45. The molecule has 2 amide bonds. The highest BCUT2D eigenvalue weighted by Crippen LogP contribution is 2.31. The monoisotopic (exact) mass is 451 g/mol. The summed E-state index contributed by atoms with van der Waals surface area (Å²) in [4.78, 5) is 36.4. The van der Waals surface area contributed by atoms with Crippen LogP contribution in [0.15, 0.2) is 24.3 Å². The third kappa shape index (κ3) is 4.39. The molecule has 178 valence electrons. The second-order valence-electron chi connectivity index (χ2n) is 10.3. The highest BCUT2D eigenvalue weighted by atomic mass is 16.2. The molecule has 33 heavy (non-hydrogen) atoms. The molecule has 5 rings (SSSR count). The van der Waals surface area contributed by atoms with Crippen molar-refractivity contribution >= 4 is 22.8 Å². The molecule has 2 aliphatic heterocycles. The zero-order valence-electron chi connectivity index (χ0n) is 19.9. The number of carbonyl (C=O) groups excluding carboxylic acids is 2. The third-order valence-electron chi connectivity index (χ3n) is 7.89. The predicted molar refractivity (Wildman–Crippen MR) is 129 cm³/mol. The lowest BCUT2D eigenvalue weighted by Crippen LogP contribution is -2.65. The minimum atomic E-state index is -0.922. The van der Waals surface area contributed by atoms with Crippen molar-refractivity contribution in [2.45, 2.75) is 82.8 Å². The van der Waals surface area contributed by atoms with E-state index in [-0.39, 0.29) is 17.9 Å². The molecule has 1 N–H and O–H groups in total. The molecule has 7 nitrogen and oxygen atoms in total. The van der Waals surface area contributed by atoms with Crippen molar-refractivity contribution in [1.82, 2.24) is 24.7 Å². The molecule has 1 aromatic heterocycles. The van der Waals surface area contributed by atoms with Crippen molar-refractivity contribution in [3.63, 3.8) is 0 Å². The van der Waals surface area contributed by atoms with Gasteiger partial charge in [0.15, 0.2) is 5.82 Å². The summed E-state index contributed by atoms with van der Waals surface area (Å²) in [7, 11) is 0. The summed E-state index contributed by atoms with van der Waals surface area (Å²) in [5.74, 6) is 0.301. The number of hydrogen-bond acceptors (Lipinski definition) is 4. The Morgan fingerprint density at radius 3 is 2.55 bits per heavy atom. The summed E-state index contributed by atoms with van der Waals surface area (Å²) < 4.78 is 1.96. The van der Waals surface area contributed by atoms with Crippen LogP contribution >= 0.6 is 0 Å². The van der Waals surface area contributed by atoms with E-state index in [1.165, 1.54) is 25.7 Å². The molecule has 1 saturated carbocycles. The smallest absolute Gasteiger partial charge is 0.290 e. The Morgan fingerprint density at radius 2 is 1.79 bits per heavy atom. The Hall–Kier alpha value is -2.41. The first kappa shape index (κ1) is 22.4. The van der Waals surface area contributed by atoms with Crippen molar-refractivity contribution in [3.05, 3.63) is 30.1 Å². The summed E-state index contributed by atoms with van der Waals surface area (Å²) in [5, 5.41) is 3.28. The van der Waals surface area contributed by atoms with Gasteiger partial charge in [-0.25, -0.2) is 4.98 Å². The van der Waals surface area contributed by atoms with E-state index in [1.807, 2.05) is 40.7 Å². The van der Waals surface area contributed by atoms with Crippen molar-refractivity contribution in [2.75, 3.05) is 26.2 Å². The first-order valence-corrected chi connectivity index (χ1v) is 12.9. The number of rotatable bonds is 6. The molecule has 0 unspecified atom stereocenters. The SMILES string of the molecule is C[C@@]1(C(=O)NC2CCCC2)Cn2c(nc3ccccc32)C(=O)N1CCCN1CCCCCC1. The molecule has 3 aliphatic rings. The number of fused-ring (bicyclic) bond motifs is 3. The summed E-state index contributed by atoms with van der Waals surface area (Å²) in [6.07, 6.45) is 10.4. The highest BCUT2D eigenvalue weighted by Gasteiger charge is 2.48. The van der Waals surface area contributed by atoms with Crippen LogP contribution in [0.2, 0.25) is 0 Å². The second-order valence-corrected chi connectivity index (χ2v) is 10.3. The Labute approximate surface area is 196 Å². The van der Waals surface area contributed by atoms with Gasteiger partial charge >= 0.3 is 0 Å². The zero-order chi connectivity index (χ0) is 22.8. The van der Waals surface area contributed by atoms with Gasteiger partial charge in [-0.2, -0.15) is 0 Å². The number of nitrogens with zero attached hydrogens (tertiary/aromatic N) is 4. The van der Waals surface area contributed by atoms with Crippen molar-refractivity contribution < 1.29 is 9.59 Å². The maximum absolute atomic E-state index is 13.7. The lowest BCUT2D eigenvalue weighted by atomic mass is 9.94. The molecule has 0 radical (unpaired) electrons. The fourth-order valence-corrected chi connectivity index (χ4v) is 5.90. The average molecular weight is 452 g/mol. The van der Waals surface area contributed by atoms with Gasteiger partial charge in [0.1, 0.15) is 5.54 Å². The van der Waals surface area contributed by atoms with Crippen molar-refractivity contribution in [2.24, 2.45) is 0 Å². The number of likely N-dealkylation sites (tertiary alicyclic amines) is 1. The largest absolute Gasteiger partial charge is 0.351 e. The molecule has 0 spiro atoms. The fourth-order valence-electron chi connectivity index (χ4n) is 5.90. The van der Waals surface area contributed by atoms with Crippen LogP contribution in [0.4, 0.5) is 0 Å². The molecule has 1 saturated heterocycles. The maximum Gasteiger partial charge on any atom is 0.290 e. The van der Waals surface area contributed by atoms with E-state index < -0.39 is 5.54 Å². The molecule has 1 aliphatic carbocycles. The molecule has 1 aromatic carbocycles. The van der Waals surface area contributed by atoms with Crippen LogP contribution in [0.3, 0.4) is 0 Å². The molecule has 3 heterocycles. The maximum atomic E-state index is 13.7. The van der Waals surface area contributed by atoms with Gasteiger partial charge in [0.05, 0.1) is 17.6 Å². The number of benzene rings is 1. The first-order chi connectivity index (χ1) is 16.1. The van der Waals surface area contributed by atoms with Crippen LogP contribution in [-0.4, -0.2) is 68.9 Å². The van der Waals surface area contributed by atoms with E-state index in [4.69, 9.17) is 0 Å². The Balaban J connectivity index is 1.40. The molecule has 2 aromatic rings. The minimum absolute atomic E-state index is 0.0269. The summed E-state index contributed by atoms with van der Waals surface area (Å²) in [6.45, 7) is 6.22. The number of imidazole rings is 1. The van der Waals surface area contributed by atoms with E-state index in [2.05, 4.69) is 15.2 Å². The average Bonchev–Trinajstić information content (AvgIpc) is 3.37. The van der Waals surface area contributed by atoms with Gasteiger partial charge in [0.25, 0.3) is 5.91 Å². The molecule has 2 fully saturated rings. The van der Waals surface area contributed by atoms with Gasteiger partial charge in [0.2, 0.25) is 5.91 Å². The summed E-state index contributed by atoms with van der Waals surface area (Å²) in [6, 6.07) is 8.06. The Bertz CT molecular complexity index is 1000. The highest BCUT2D eigenvalue weighted by molar-refractivity contribution is 6.01. The quantitative estimate of drug-likeness (QED) is 0.729. The van der Waals surface area contributed by atoms with E-state index in [0.717, 1.165) is 62.8 Å². The molecular weight excluding hydrogens is 414 g/mol. The number of aromatic nitrogens is 2. The third-order valence-corrected chi connectivity index (χ3v) is 7.89. The molecule has 1 atom stereocenters. The predicted octanol–water partition coefficient (Wildman–Crippen LogP) is 3.58. The van der Waals surface area contributed by atoms with Gasteiger partial charge in [-0.15, -0.1) is 0 Å². The topological polar surface area (TPSA) is 70.5 Å². The number of nitrogens with one attached hydrogen (secondary N) is 1. The van der Waals surface area contributed by atoms with Crippen LogP contribution in [0.1, 0.15) is 75.3 Å². The number of carbonyl (C=O) groups is 2. The zero-order valence-corrected chi connectivity index (χ0v) is 19.9. The van der Waals surface area contributed by atoms with Gasteiger partial charge in [-0.1, -0.05) is 37.8 Å². The van der Waals surface area contributed by atoms with E-state index in [0.29, 0.717) is 18.9 Å². The van der Waals surface area contributed by atoms with E-state index >= 15 is 0 Å². The summed E-state index contributed by atoms with van der Waals surface area (Å²) >= 11 is 0. The summed E-state index contributed by atoms with van der Waals surface area (Å²) in [5.41, 5.74) is 0.811.